The van der Waals surface area contributed by atoms with Crippen LogP contribution in [-0.2, 0) is 9.84 Å². The fraction of sp³-hybridized carbons (Fsp3) is 0.294. The van der Waals surface area contributed by atoms with Crippen molar-refractivity contribution in [1.82, 2.24) is 19.9 Å². The Morgan fingerprint density at radius 2 is 1.72 bits per heavy atom. The first-order valence-corrected chi connectivity index (χ1v) is 9.78. The molecule has 130 valence electrons. The molecular formula is C17H19N5O2S. The fourth-order valence-electron chi connectivity index (χ4n) is 2.72. The molecule has 0 aliphatic rings. The van der Waals surface area contributed by atoms with Gasteiger partial charge in [0.15, 0.2) is 5.82 Å². The summed E-state index contributed by atoms with van der Waals surface area (Å²) in [6.45, 7) is 3.66. The average Bonchev–Trinajstić information content (AvgIpc) is 2.53. The lowest BCUT2D eigenvalue weighted by Gasteiger charge is -2.26. The molecular weight excluding hydrogens is 338 g/mol. The van der Waals surface area contributed by atoms with Crippen molar-refractivity contribution in [2.45, 2.75) is 19.4 Å². The molecule has 0 bridgehead atoms. The minimum absolute atomic E-state index is 0.0127. The van der Waals surface area contributed by atoms with Crippen molar-refractivity contribution in [1.29, 1.82) is 0 Å². The molecule has 0 atom stereocenters. The Balaban J connectivity index is 2.10. The molecule has 3 aromatic rings. The maximum absolute atomic E-state index is 11.7. The number of hydrogen-bond acceptors (Lipinski definition) is 7. The lowest BCUT2D eigenvalue weighted by molar-refractivity contribution is 0.570. The molecule has 3 heterocycles. The van der Waals surface area contributed by atoms with Gasteiger partial charge in [0, 0.05) is 41.3 Å². The number of anilines is 1. The van der Waals surface area contributed by atoms with E-state index in [0.717, 1.165) is 10.9 Å². The zero-order valence-corrected chi connectivity index (χ0v) is 15.1. The summed E-state index contributed by atoms with van der Waals surface area (Å²) in [5.74, 6) is 1.09. The van der Waals surface area contributed by atoms with E-state index in [2.05, 4.69) is 25.3 Å². The first-order chi connectivity index (χ1) is 11.7. The second kappa shape index (κ2) is 6.36. The summed E-state index contributed by atoms with van der Waals surface area (Å²) in [6, 6.07) is 5.45. The lowest BCUT2D eigenvalue weighted by atomic mass is 10.1. The highest BCUT2D eigenvalue weighted by Crippen LogP contribution is 2.26. The normalized spacial score (nSPS) is 12.3. The highest BCUT2D eigenvalue weighted by Gasteiger charge is 2.25. The molecule has 0 unspecified atom stereocenters. The lowest BCUT2D eigenvalue weighted by Crippen LogP contribution is -2.38. The average molecular weight is 357 g/mol. The Morgan fingerprint density at radius 3 is 2.40 bits per heavy atom. The number of rotatable bonds is 5. The summed E-state index contributed by atoms with van der Waals surface area (Å²) in [6.07, 6.45) is 7.89. The third-order valence-electron chi connectivity index (χ3n) is 3.52. The quantitative estimate of drug-likeness (QED) is 0.748. The van der Waals surface area contributed by atoms with Gasteiger partial charge in [-0.3, -0.25) is 9.97 Å². The fourth-order valence-corrected chi connectivity index (χ4v) is 4.10. The van der Waals surface area contributed by atoms with Crippen LogP contribution in [-0.4, -0.2) is 45.9 Å². The number of fused-ring (bicyclic) bond motifs is 1. The van der Waals surface area contributed by atoms with E-state index in [0.29, 0.717) is 17.2 Å². The number of sulfone groups is 1. The Labute approximate surface area is 146 Å². The molecule has 1 N–H and O–H groups in total. The van der Waals surface area contributed by atoms with Gasteiger partial charge in [-0.25, -0.2) is 18.4 Å². The molecule has 0 radical (unpaired) electrons. The van der Waals surface area contributed by atoms with Crippen LogP contribution >= 0.6 is 0 Å². The van der Waals surface area contributed by atoms with Crippen LogP contribution in [0.2, 0.25) is 0 Å². The number of pyridine rings is 2. The van der Waals surface area contributed by atoms with E-state index >= 15 is 0 Å². The van der Waals surface area contributed by atoms with Gasteiger partial charge in [0.2, 0.25) is 0 Å². The molecule has 3 rings (SSSR count). The van der Waals surface area contributed by atoms with Gasteiger partial charge in [-0.2, -0.15) is 0 Å². The molecule has 0 aliphatic carbocycles. The van der Waals surface area contributed by atoms with E-state index in [-0.39, 0.29) is 5.75 Å². The second-order valence-corrected chi connectivity index (χ2v) is 8.74. The van der Waals surface area contributed by atoms with Crippen molar-refractivity contribution in [3.63, 3.8) is 0 Å². The van der Waals surface area contributed by atoms with Crippen molar-refractivity contribution in [2.75, 3.05) is 17.3 Å². The summed E-state index contributed by atoms with van der Waals surface area (Å²) in [5, 5.41) is 4.04. The standard InChI is InChI=1S/C17H19N5O2S/c1-17(2,11-25(3,23)24)22-16-13-6-9-19-10-14(13)20-15(21-16)12-4-7-18-8-5-12/h4-10H,11H2,1-3H3,(H,20,21,22). The highest BCUT2D eigenvalue weighted by atomic mass is 32.2. The van der Waals surface area contributed by atoms with Crippen LogP contribution < -0.4 is 5.32 Å². The van der Waals surface area contributed by atoms with Gasteiger partial charge in [-0.1, -0.05) is 0 Å². The van der Waals surface area contributed by atoms with E-state index in [9.17, 15) is 8.42 Å². The van der Waals surface area contributed by atoms with Gasteiger partial charge in [-0.05, 0) is 32.0 Å². The van der Waals surface area contributed by atoms with E-state index in [1.807, 2.05) is 32.0 Å². The largest absolute Gasteiger partial charge is 0.364 e. The van der Waals surface area contributed by atoms with Crippen LogP contribution in [0, 0.1) is 0 Å². The SMILES string of the molecule is CC(C)(CS(C)(=O)=O)Nc1nc(-c2ccncc2)nc2cnccc12. The van der Waals surface area contributed by atoms with Crippen LogP contribution in [0.4, 0.5) is 5.82 Å². The molecule has 8 heteroatoms. The first kappa shape index (κ1) is 17.2. The van der Waals surface area contributed by atoms with E-state index in [4.69, 9.17) is 0 Å². The number of hydrogen-bond donors (Lipinski definition) is 1. The van der Waals surface area contributed by atoms with Gasteiger partial charge >= 0.3 is 0 Å². The van der Waals surface area contributed by atoms with Crippen molar-refractivity contribution in [2.24, 2.45) is 0 Å². The van der Waals surface area contributed by atoms with Crippen LogP contribution in [0.3, 0.4) is 0 Å². The third kappa shape index (κ3) is 4.27. The van der Waals surface area contributed by atoms with Gasteiger partial charge < -0.3 is 5.32 Å². The maximum atomic E-state index is 11.7. The number of aromatic nitrogens is 4. The van der Waals surface area contributed by atoms with Gasteiger partial charge in [0.05, 0.1) is 17.5 Å². The van der Waals surface area contributed by atoms with E-state index < -0.39 is 15.4 Å². The van der Waals surface area contributed by atoms with Crippen LogP contribution in [0.15, 0.2) is 43.0 Å². The van der Waals surface area contributed by atoms with Crippen molar-refractivity contribution < 1.29 is 8.42 Å². The predicted molar refractivity (Wildman–Crippen MR) is 98.0 cm³/mol. The Hall–Kier alpha value is -2.61. The van der Waals surface area contributed by atoms with E-state index in [1.54, 1.807) is 24.8 Å². The van der Waals surface area contributed by atoms with Crippen molar-refractivity contribution in [3.05, 3.63) is 43.0 Å². The molecule has 3 aromatic heterocycles. The van der Waals surface area contributed by atoms with Crippen LogP contribution in [0.1, 0.15) is 13.8 Å². The molecule has 0 amide bonds. The third-order valence-corrected chi connectivity index (χ3v) is 4.76. The van der Waals surface area contributed by atoms with Crippen LogP contribution in [0.25, 0.3) is 22.3 Å². The molecule has 7 nitrogen and oxygen atoms in total. The minimum Gasteiger partial charge on any atom is -0.364 e. The van der Waals surface area contributed by atoms with Crippen molar-refractivity contribution >= 4 is 26.6 Å². The second-order valence-electron chi connectivity index (χ2n) is 6.60. The zero-order valence-electron chi connectivity index (χ0n) is 14.3. The molecule has 0 fully saturated rings. The molecule has 0 saturated heterocycles. The predicted octanol–water partition coefficient (Wildman–Crippen LogP) is 2.32. The summed E-state index contributed by atoms with van der Waals surface area (Å²) in [4.78, 5) is 17.3. The summed E-state index contributed by atoms with van der Waals surface area (Å²) in [5.41, 5.74) is 0.819. The first-order valence-electron chi connectivity index (χ1n) is 7.72. The molecule has 0 aliphatic heterocycles. The summed E-state index contributed by atoms with van der Waals surface area (Å²) < 4.78 is 23.4. The Morgan fingerprint density at radius 1 is 1.04 bits per heavy atom. The Bertz CT molecular complexity index is 1000. The summed E-state index contributed by atoms with van der Waals surface area (Å²) >= 11 is 0. The van der Waals surface area contributed by atoms with Crippen molar-refractivity contribution in [3.8, 4) is 11.4 Å². The highest BCUT2D eigenvalue weighted by molar-refractivity contribution is 7.90. The number of nitrogens with one attached hydrogen (secondary N) is 1. The number of nitrogens with zero attached hydrogens (tertiary/aromatic N) is 4. The molecule has 0 saturated carbocycles. The smallest absolute Gasteiger partial charge is 0.162 e. The zero-order chi connectivity index (χ0) is 18.1. The maximum Gasteiger partial charge on any atom is 0.162 e. The molecule has 0 spiro atoms. The molecule has 0 aromatic carbocycles. The minimum atomic E-state index is -3.14. The van der Waals surface area contributed by atoms with Gasteiger partial charge in [-0.15, -0.1) is 0 Å². The van der Waals surface area contributed by atoms with Crippen LogP contribution in [0.5, 0.6) is 0 Å². The monoisotopic (exact) mass is 357 g/mol. The van der Waals surface area contributed by atoms with E-state index in [1.165, 1.54) is 6.26 Å². The topological polar surface area (TPSA) is 97.7 Å². The Kier molecular flexibility index (Phi) is 4.38. The van der Waals surface area contributed by atoms with Gasteiger partial charge in [0.1, 0.15) is 15.7 Å². The van der Waals surface area contributed by atoms with Gasteiger partial charge in [0.25, 0.3) is 0 Å². The molecule has 25 heavy (non-hydrogen) atoms. The summed E-state index contributed by atoms with van der Waals surface area (Å²) in [7, 11) is -3.14.